The van der Waals surface area contributed by atoms with Crippen LogP contribution in [0.4, 0.5) is 4.79 Å². The van der Waals surface area contributed by atoms with E-state index in [4.69, 9.17) is 4.74 Å². The van der Waals surface area contributed by atoms with E-state index < -0.39 is 17.5 Å². The van der Waals surface area contributed by atoms with Gasteiger partial charge in [-0.25, -0.2) is 9.78 Å². The van der Waals surface area contributed by atoms with E-state index in [1.54, 1.807) is 37.1 Å². The number of para-hydroxylation sites is 1. The molecule has 5 rings (SSSR count). The molecule has 4 amide bonds. The maximum absolute atomic E-state index is 13.1. The smallest absolute Gasteiger partial charge is 0.322 e. The molecule has 1 aromatic heterocycles. The van der Waals surface area contributed by atoms with E-state index in [9.17, 15) is 14.4 Å². The molecule has 8 nitrogen and oxygen atoms in total. The summed E-state index contributed by atoms with van der Waals surface area (Å²) in [5, 5.41) is 6.09. The minimum absolute atomic E-state index is 0.00365. The fourth-order valence-electron chi connectivity index (χ4n) is 4.39. The molecule has 2 N–H and O–H groups in total. The van der Waals surface area contributed by atoms with E-state index in [1.807, 2.05) is 42.5 Å². The first kappa shape index (κ1) is 20.7. The van der Waals surface area contributed by atoms with Crippen LogP contribution >= 0.6 is 0 Å². The van der Waals surface area contributed by atoms with Crippen molar-refractivity contribution in [2.45, 2.75) is 19.0 Å². The van der Waals surface area contributed by atoms with Crippen molar-refractivity contribution in [3.63, 3.8) is 0 Å². The Morgan fingerprint density at radius 1 is 1.15 bits per heavy atom. The number of urea groups is 1. The van der Waals surface area contributed by atoms with Crippen molar-refractivity contribution in [1.29, 1.82) is 0 Å². The molecular formula is C25H22N4O4. The number of methoxy groups -OCH3 is 1. The first-order chi connectivity index (χ1) is 15.9. The Labute approximate surface area is 190 Å². The Morgan fingerprint density at radius 2 is 1.97 bits per heavy atom. The lowest BCUT2D eigenvalue weighted by Gasteiger charge is -2.31. The van der Waals surface area contributed by atoms with Crippen molar-refractivity contribution in [1.82, 2.24) is 20.5 Å². The molecule has 166 valence electrons. The summed E-state index contributed by atoms with van der Waals surface area (Å²) < 4.78 is 5.23. The largest absolute Gasteiger partial charge is 0.497 e. The molecule has 0 spiro atoms. The summed E-state index contributed by atoms with van der Waals surface area (Å²) in [6.45, 7) is 2.10. The Kier molecular flexibility index (Phi) is 4.85. The molecule has 0 saturated carbocycles. The Balaban J connectivity index is 1.49. The van der Waals surface area contributed by atoms with Gasteiger partial charge in [0.25, 0.3) is 11.8 Å². The quantitative estimate of drug-likeness (QED) is 0.592. The standard InChI is InChI=1S/C25H22N4O4/c1-15(11-18-9-7-16-5-3-4-6-21(16)26-18)25(23(31)27-24(32)28-25)14-29-13-17-8-10-19(33-2)12-20(17)22(29)30/h3-12H,13-14H2,1-2H3,(H2,27,28,31,32)/b15-11+/t25-/m0/s1. The fraction of sp³-hybridized carbons (Fsp3) is 0.200. The van der Waals surface area contributed by atoms with Crippen molar-refractivity contribution in [2.24, 2.45) is 0 Å². The lowest BCUT2D eigenvalue weighted by molar-refractivity contribution is -0.123. The molecule has 3 aromatic rings. The van der Waals surface area contributed by atoms with Crippen LogP contribution in [0.25, 0.3) is 17.0 Å². The molecule has 3 heterocycles. The topological polar surface area (TPSA) is 101 Å². The fourth-order valence-corrected chi connectivity index (χ4v) is 4.39. The van der Waals surface area contributed by atoms with E-state index in [0.29, 0.717) is 29.1 Å². The van der Waals surface area contributed by atoms with Crippen molar-refractivity contribution in [3.05, 3.63) is 77.0 Å². The van der Waals surface area contributed by atoms with Crippen molar-refractivity contribution >= 4 is 34.8 Å². The minimum Gasteiger partial charge on any atom is -0.497 e. The van der Waals surface area contributed by atoms with Gasteiger partial charge >= 0.3 is 6.03 Å². The van der Waals surface area contributed by atoms with Crippen molar-refractivity contribution in [3.8, 4) is 5.75 Å². The third-order valence-corrected chi connectivity index (χ3v) is 6.22. The molecule has 2 aliphatic heterocycles. The summed E-state index contributed by atoms with van der Waals surface area (Å²) in [6, 6.07) is 16.3. The van der Waals surface area contributed by atoms with E-state index in [1.165, 1.54) is 0 Å². The highest BCUT2D eigenvalue weighted by molar-refractivity contribution is 6.10. The lowest BCUT2D eigenvalue weighted by atomic mass is 9.89. The number of carbonyl (C=O) groups is 3. The summed E-state index contributed by atoms with van der Waals surface area (Å²) in [5.74, 6) is -0.124. The molecule has 1 atom stereocenters. The first-order valence-corrected chi connectivity index (χ1v) is 10.5. The van der Waals surface area contributed by atoms with Crippen molar-refractivity contribution < 1.29 is 19.1 Å². The Morgan fingerprint density at radius 3 is 2.73 bits per heavy atom. The highest BCUT2D eigenvalue weighted by Crippen LogP contribution is 2.31. The van der Waals surface area contributed by atoms with Crippen LogP contribution in [0.3, 0.4) is 0 Å². The molecule has 33 heavy (non-hydrogen) atoms. The second kappa shape index (κ2) is 7.74. The van der Waals surface area contributed by atoms with Gasteiger partial charge in [0.1, 0.15) is 5.75 Å². The van der Waals surface area contributed by atoms with Crippen LogP contribution in [-0.4, -0.2) is 46.9 Å². The molecule has 0 radical (unpaired) electrons. The van der Waals surface area contributed by atoms with Crippen LogP contribution in [0.5, 0.6) is 5.75 Å². The number of hydrogen-bond acceptors (Lipinski definition) is 5. The molecule has 0 unspecified atom stereocenters. The number of nitrogens with zero attached hydrogens (tertiary/aromatic N) is 2. The van der Waals surface area contributed by atoms with Gasteiger partial charge in [0.15, 0.2) is 5.54 Å². The Hall–Kier alpha value is -4.20. The average molecular weight is 442 g/mol. The lowest BCUT2D eigenvalue weighted by Crippen LogP contribution is -2.56. The van der Waals surface area contributed by atoms with E-state index in [0.717, 1.165) is 16.5 Å². The normalized spacial score (nSPS) is 20.1. The monoisotopic (exact) mass is 442 g/mol. The number of amides is 4. The molecule has 2 aromatic carbocycles. The van der Waals surface area contributed by atoms with Crippen LogP contribution in [0, 0.1) is 0 Å². The molecular weight excluding hydrogens is 420 g/mol. The number of ether oxygens (including phenoxy) is 1. The molecule has 1 saturated heterocycles. The second-order valence-corrected chi connectivity index (χ2v) is 8.25. The van der Waals surface area contributed by atoms with Gasteiger partial charge < -0.3 is 15.0 Å². The van der Waals surface area contributed by atoms with Crippen LogP contribution in [0.2, 0.25) is 0 Å². The number of hydrogen-bond donors (Lipinski definition) is 2. The zero-order chi connectivity index (χ0) is 23.2. The zero-order valence-electron chi connectivity index (χ0n) is 18.2. The number of imide groups is 1. The SMILES string of the molecule is COc1ccc2c(c1)C(=O)N(C[C@@]1(/C(C)=C/c3ccc4ccccc4n3)NC(=O)NC1=O)C2. The number of aromatic nitrogens is 1. The number of pyridine rings is 1. The van der Waals surface area contributed by atoms with E-state index >= 15 is 0 Å². The van der Waals surface area contributed by atoms with Gasteiger partial charge in [-0.15, -0.1) is 0 Å². The third-order valence-electron chi connectivity index (χ3n) is 6.22. The summed E-state index contributed by atoms with van der Waals surface area (Å²) >= 11 is 0. The number of carbonyl (C=O) groups excluding carboxylic acids is 3. The number of nitrogens with one attached hydrogen (secondary N) is 2. The third kappa shape index (κ3) is 3.49. The van der Waals surface area contributed by atoms with Crippen LogP contribution in [0.1, 0.15) is 28.5 Å². The van der Waals surface area contributed by atoms with Gasteiger partial charge in [-0.3, -0.25) is 14.9 Å². The van der Waals surface area contributed by atoms with Crippen LogP contribution < -0.4 is 15.4 Å². The summed E-state index contributed by atoms with van der Waals surface area (Å²) in [7, 11) is 1.54. The highest BCUT2D eigenvalue weighted by atomic mass is 16.5. The average Bonchev–Trinajstić information content (AvgIpc) is 3.28. The maximum Gasteiger partial charge on any atom is 0.322 e. The van der Waals surface area contributed by atoms with Gasteiger partial charge in [0.05, 0.1) is 24.9 Å². The number of fused-ring (bicyclic) bond motifs is 2. The second-order valence-electron chi connectivity index (χ2n) is 8.25. The molecule has 0 bridgehead atoms. The summed E-state index contributed by atoms with van der Waals surface area (Å²) in [5.41, 5.74) is 2.04. The number of benzene rings is 2. The summed E-state index contributed by atoms with van der Waals surface area (Å²) in [6.07, 6.45) is 1.77. The van der Waals surface area contributed by atoms with Crippen LogP contribution in [0.15, 0.2) is 60.2 Å². The van der Waals surface area contributed by atoms with Crippen molar-refractivity contribution in [2.75, 3.05) is 13.7 Å². The maximum atomic E-state index is 13.1. The summed E-state index contributed by atoms with van der Waals surface area (Å²) in [4.78, 5) is 44.5. The Bertz CT molecular complexity index is 1350. The van der Waals surface area contributed by atoms with Crippen LogP contribution in [-0.2, 0) is 11.3 Å². The predicted octanol–water partition coefficient (Wildman–Crippen LogP) is 2.88. The molecule has 2 aliphatic rings. The van der Waals surface area contributed by atoms with Gasteiger partial charge in [-0.1, -0.05) is 30.3 Å². The predicted molar refractivity (Wildman–Crippen MR) is 123 cm³/mol. The van der Waals surface area contributed by atoms with Gasteiger partial charge in [-0.2, -0.15) is 0 Å². The first-order valence-electron chi connectivity index (χ1n) is 10.5. The number of rotatable bonds is 5. The van der Waals surface area contributed by atoms with Gasteiger partial charge in [0.2, 0.25) is 0 Å². The van der Waals surface area contributed by atoms with Gasteiger partial charge in [-0.05, 0) is 48.4 Å². The molecule has 8 heteroatoms. The molecule has 0 aliphatic carbocycles. The zero-order valence-corrected chi connectivity index (χ0v) is 18.2. The van der Waals surface area contributed by atoms with E-state index in [2.05, 4.69) is 15.6 Å². The highest BCUT2D eigenvalue weighted by Gasteiger charge is 2.50. The molecule has 1 fully saturated rings. The minimum atomic E-state index is -1.40. The van der Waals surface area contributed by atoms with Gasteiger partial charge in [0, 0.05) is 17.5 Å². The van der Waals surface area contributed by atoms with E-state index in [-0.39, 0.29) is 12.5 Å².